The molecule has 0 atom stereocenters. The Bertz CT molecular complexity index is 895. The summed E-state index contributed by atoms with van der Waals surface area (Å²) in [5.41, 5.74) is 3.61. The second kappa shape index (κ2) is 6.65. The van der Waals surface area contributed by atoms with Gasteiger partial charge in [-0.25, -0.2) is 9.78 Å². The number of thiazole rings is 1. The van der Waals surface area contributed by atoms with E-state index in [0.29, 0.717) is 13.1 Å². The molecular weight excluding hydrogens is 352 g/mol. The van der Waals surface area contributed by atoms with Crippen LogP contribution in [-0.2, 0) is 0 Å². The minimum absolute atomic E-state index is 0.0159. The van der Waals surface area contributed by atoms with Gasteiger partial charge in [-0.15, -0.1) is 11.3 Å². The van der Waals surface area contributed by atoms with Crippen molar-refractivity contribution in [1.29, 1.82) is 0 Å². The lowest BCUT2D eigenvalue weighted by atomic mass is 10.1. The lowest BCUT2D eigenvalue weighted by Crippen LogP contribution is -2.50. The van der Waals surface area contributed by atoms with Crippen LogP contribution in [0, 0.1) is 13.8 Å². The second-order valence-corrected chi connectivity index (χ2v) is 8.23. The van der Waals surface area contributed by atoms with Crippen LogP contribution in [0.25, 0.3) is 10.2 Å². The number of aryl methyl sites for hydroxylation is 2. The van der Waals surface area contributed by atoms with E-state index in [0.717, 1.165) is 28.7 Å². The fraction of sp³-hybridized carbons (Fsp3) is 0.333. The highest BCUT2D eigenvalue weighted by Crippen LogP contribution is 2.32. The molecule has 2 amide bonds. The van der Waals surface area contributed by atoms with E-state index in [1.54, 1.807) is 22.7 Å². The van der Waals surface area contributed by atoms with E-state index in [1.165, 1.54) is 15.8 Å². The first-order valence-corrected chi connectivity index (χ1v) is 10.0. The lowest BCUT2D eigenvalue weighted by molar-refractivity contribution is 0.208. The molecule has 0 radical (unpaired) electrons. The summed E-state index contributed by atoms with van der Waals surface area (Å²) in [6, 6.07) is 8.20. The molecule has 25 heavy (non-hydrogen) atoms. The molecular formula is C18H20N4OS2. The largest absolute Gasteiger partial charge is 0.345 e. The molecule has 0 saturated carbocycles. The zero-order chi connectivity index (χ0) is 17.4. The van der Waals surface area contributed by atoms with Crippen LogP contribution in [0.5, 0.6) is 0 Å². The van der Waals surface area contributed by atoms with Crippen LogP contribution in [-0.4, -0.2) is 42.1 Å². The van der Waals surface area contributed by atoms with Gasteiger partial charge in [0.15, 0.2) is 5.13 Å². The molecule has 4 rings (SSSR count). The minimum atomic E-state index is -0.0159. The third-order valence-electron chi connectivity index (χ3n) is 4.40. The van der Waals surface area contributed by atoms with Crippen LogP contribution >= 0.6 is 22.7 Å². The van der Waals surface area contributed by atoms with Crippen molar-refractivity contribution >= 4 is 49.1 Å². The van der Waals surface area contributed by atoms with Crippen molar-refractivity contribution in [3.63, 3.8) is 0 Å². The summed E-state index contributed by atoms with van der Waals surface area (Å²) in [7, 11) is 0. The SMILES string of the molecule is Cc1cc(C)c2sc(N3CCN(C(=O)Nc4cccs4)CC3)nc2c1. The van der Waals surface area contributed by atoms with Gasteiger partial charge in [0.05, 0.1) is 15.2 Å². The number of nitrogens with one attached hydrogen (secondary N) is 1. The molecule has 0 unspecified atom stereocenters. The molecule has 0 spiro atoms. The number of hydrogen-bond donors (Lipinski definition) is 1. The highest BCUT2D eigenvalue weighted by Gasteiger charge is 2.23. The zero-order valence-corrected chi connectivity index (χ0v) is 15.9. The maximum Gasteiger partial charge on any atom is 0.322 e. The van der Waals surface area contributed by atoms with Gasteiger partial charge in [0, 0.05) is 26.2 Å². The molecule has 7 heteroatoms. The summed E-state index contributed by atoms with van der Waals surface area (Å²) in [4.78, 5) is 21.3. The molecule has 3 heterocycles. The van der Waals surface area contributed by atoms with Crippen molar-refractivity contribution in [2.75, 3.05) is 36.4 Å². The van der Waals surface area contributed by atoms with Gasteiger partial charge in [-0.1, -0.05) is 17.4 Å². The average molecular weight is 373 g/mol. The predicted octanol–water partition coefficient (Wildman–Crippen LogP) is 4.33. The number of carbonyl (C=O) groups excluding carboxylic acids is 1. The van der Waals surface area contributed by atoms with E-state index in [-0.39, 0.29) is 6.03 Å². The highest BCUT2D eigenvalue weighted by molar-refractivity contribution is 7.22. The topological polar surface area (TPSA) is 48.5 Å². The fourth-order valence-corrected chi connectivity index (χ4v) is 4.81. The van der Waals surface area contributed by atoms with Gasteiger partial charge in [0.2, 0.25) is 0 Å². The summed E-state index contributed by atoms with van der Waals surface area (Å²) in [6.45, 7) is 7.31. The van der Waals surface area contributed by atoms with Crippen molar-refractivity contribution in [1.82, 2.24) is 9.88 Å². The number of amides is 2. The first-order valence-electron chi connectivity index (χ1n) is 8.32. The van der Waals surface area contributed by atoms with Crippen molar-refractivity contribution in [2.24, 2.45) is 0 Å². The number of anilines is 2. The monoisotopic (exact) mass is 372 g/mol. The Hall–Kier alpha value is -2.12. The van der Waals surface area contributed by atoms with Crippen LogP contribution in [0.15, 0.2) is 29.6 Å². The fourth-order valence-electron chi connectivity index (χ4n) is 3.14. The number of fused-ring (bicyclic) bond motifs is 1. The van der Waals surface area contributed by atoms with E-state index in [4.69, 9.17) is 4.98 Å². The van der Waals surface area contributed by atoms with Crippen molar-refractivity contribution in [2.45, 2.75) is 13.8 Å². The van der Waals surface area contributed by atoms with E-state index >= 15 is 0 Å². The molecule has 1 saturated heterocycles. The number of benzene rings is 1. The summed E-state index contributed by atoms with van der Waals surface area (Å²) in [5.74, 6) is 0. The molecule has 5 nitrogen and oxygen atoms in total. The molecule has 1 aromatic carbocycles. The number of thiophene rings is 1. The standard InChI is InChI=1S/C18H20N4OS2/c1-12-10-13(2)16-14(11-12)19-18(25-16)22-7-5-21(6-8-22)17(23)20-15-4-3-9-24-15/h3-4,9-11H,5-8H2,1-2H3,(H,20,23). The van der Waals surface area contributed by atoms with Crippen molar-refractivity contribution in [3.05, 3.63) is 40.8 Å². The van der Waals surface area contributed by atoms with Gasteiger partial charge < -0.3 is 9.80 Å². The number of urea groups is 1. The first kappa shape index (κ1) is 16.4. The Kier molecular flexibility index (Phi) is 4.35. The first-order chi connectivity index (χ1) is 12.1. The Morgan fingerprint density at radius 3 is 2.72 bits per heavy atom. The van der Waals surface area contributed by atoms with Gasteiger partial charge in [-0.3, -0.25) is 5.32 Å². The lowest BCUT2D eigenvalue weighted by Gasteiger charge is -2.34. The van der Waals surface area contributed by atoms with Gasteiger partial charge in [-0.05, 0) is 48.6 Å². The predicted molar refractivity (Wildman–Crippen MR) is 106 cm³/mol. The average Bonchev–Trinajstić information content (AvgIpc) is 3.24. The van der Waals surface area contributed by atoms with Crippen LogP contribution in [0.4, 0.5) is 14.9 Å². The molecule has 0 bridgehead atoms. The summed E-state index contributed by atoms with van der Waals surface area (Å²) in [6.07, 6.45) is 0. The third kappa shape index (κ3) is 3.34. The molecule has 1 aliphatic rings. The van der Waals surface area contributed by atoms with Gasteiger partial charge in [-0.2, -0.15) is 0 Å². The Balaban J connectivity index is 1.43. The van der Waals surface area contributed by atoms with Gasteiger partial charge in [0.25, 0.3) is 0 Å². The van der Waals surface area contributed by atoms with E-state index in [9.17, 15) is 4.79 Å². The van der Waals surface area contributed by atoms with Gasteiger partial charge >= 0.3 is 6.03 Å². The maximum atomic E-state index is 12.3. The molecule has 130 valence electrons. The van der Waals surface area contributed by atoms with E-state index in [1.807, 2.05) is 22.4 Å². The molecule has 1 aliphatic heterocycles. The molecule has 0 aliphatic carbocycles. The minimum Gasteiger partial charge on any atom is -0.345 e. The van der Waals surface area contributed by atoms with E-state index in [2.05, 4.69) is 36.2 Å². The second-order valence-electron chi connectivity index (χ2n) is 6.31. The third-order valence-corrected chi connectivity index (χ3v) is 6.45. The normalized spacial score (nSPS) is 15.0. The number of carbonyl (C=O) groups is 1. The Morgan fingerprint density at radius 1 is 1.20 bits per heavy atom. The van der Waals surface area contributed by atoms with E-state index < -0.39 is 0 Å². The van der Waals surface area contributed by atoms with Crippen LogP contribution in [0.2, 0.25) is 0 Å². The van der Waals surface area contributed by atoms with Crippen LogP contribution in [0.3, 0.4) is 0 Å². The molecule has 1 fully saturated rings. The molecule has 3 aromatic rings. The van der Waals surface area contributed by atoms with Crippen LogP contribution in [0.1, 0.15) is 11.1 Å². The summed E-state index contributed by atoms with van der Waals surface area (Å²) >= 11 is 3.29. The summed E-state index contributed by atoms with van der Waals surface area (Å²) < 4.78 is 1.26. The number of nitrogens with zero attached hydrogens (tertiary/aromatic N) is 3. The number of piperazine rings is 1. The van der Waals surface area contributed by atoms with Crippen molar-refractivity contribution in [3.8, 4) is 0 Å². The number of hydrogen-bond acceptors (Lipinski definition) is 5. The number of aromatic nitrogens is 1. The quantitative estimate of drug-likeness (QED) is 0.728. The zero-order valence-electron chi connectivity index (χ0n) is 14.3. The number of rotatable bonds is 2. The van der Waals surface area contributed by atoms with Crippen LogP contribution < -0.4 is 10.2 Å². The highest BCUT2D eigenvalue weighted by atomic mass is 32.1. The van der Waals surface area contributed by atoms with Crippen molar-refractivity contribution < 1.29 is 4.79 Å². The smallest absolute Gasteiger partial charge is 0.322 e. The van der Waals surface area contributed by atoms with Gasteiger partial charge in [0.1, 0.15) is 0 Å². The molecule has 2 aromatic heterocycles. The Labute approximate surface area is 154 Å². The maximum absolute atomic E-state index is 12.3. The summed E-state index contributed by atoms with van der Waals surface area (Å²) in [5, 5.41) is 6.87. The Morgan fingerprint density at radius 2 is 2.00 bits per heavy atom. The molecule has 1 N–H and O–H groups in total.